The van der Waals surface area contributed by atoms with Gasteiger partial charge < -0.3 is 10.1 Å². The highest BCUT2D eigenvalue weighted by atomic mass is 32.1. The highest BCUT2D eigenvalue weighted by Gasteiger charge is 2.42. The van der Waals surface area contributed by atoms with Crippen molar-refractivity contribution in [1.29, 1.82) is 0 Å². The summed E-state index contributed by atoms with van der Waals surface area (Å²) in [4.78, 5) is 6.02. The lowest BCUT2D eigenvalue weighted by Crippen LogP contribution is -2.37. The van der Waals surface area contributed by atoms with Crippen LogP contribution in [0.2, 0.25) is 0 Å². The molecule has 0 spiro atoms. The van der Waals surface area contributed by atoms with Gasteiger partial charge in [-0.05, 0) is 38.0 Å². The minimum atomic E-state index is -0.134. The van der Waals surface area contributed by atoms with Gasteiger partial charge >= 0.3 is 0 Å². The fourth-order valence-corrected chi connectivity index (χ4v) is 4.00. The van der Waals surface area contributed by atoms with Crippen LogP contribution in [0.5, 0.6) is 0 Å². The average Bonchev–Trinajstić information content (AvgIpc) is 2.89. The molecule has 3 nitrogen and oxygen atoms in total. The van der Waals surface area contributed by atoms with Gasteiger partial charge in [0.2, 0.25) is 0 Å². The van der Waals surface area contributed by atoms with Crippen molar-refractivity contribution in [2.75, 3.05) is 6.61 Å². The summed E-state index contributed by atoms with van der Waals surface area (Å²) in [6.07, 6.45) is 6.64. The van der Waals surface area contributed by atoms with E-state index in [1.165, 1.54) is 22.7 Å². The van der Waals surface area contributed by atoms with Crippen LogP contribution in [-0.4, -0.2) is 17.6 Å². The molecule has 120 valence electrons. The molecular weight excluding hydrogens is 280 g/mol. The molecule has 0 amide bonds. The Balaban J connectivity index is 2.12. The zero-order chi connectivity index (χ0) is 15.5. The summed E-state index contributed by atoms with van der Waals surface area (Å²) < 4.78 is 6.22. The smallest absolute Gasteiger partial charge is 0.125 e. The monoisotopic (exact) mass is 310 g/mol. The van der Waals surface area contributed by atoms with Gasteiger partial charge in [-0.1, -0.05) is 27.7 Å². The lowest BCUT2D eigenvalue weighted by Gasteiger charge is -2.42. The van der Waals surface area contributed by atoms with Gasteiger partial charge in [-0.25, -0.2) is 4.98 Å². The van der Waals surface area contributed by atoms with E-state index in [9.17, 15) is 0 Å². The number of nitrogens with one attached hydrogen (secondary N) is 1. The molecule has 1 aliphatic rings. The number of hydrogen-bond acceptors (Lipinski definition) is 4. The highest BCUT2D eigenvalue weighted by Crippen LogP contribution is 2.48. The Kier molecular flexibility index (Phi) is 5.44. The third kappa shape index (κ3) is 4.27. The number of hydrogen-bond donors (Lipinski definition) is 1. The Labute approximate surface area is 133 Å². The van der Waals surface area contributed by atoms with Crippen LogP contribution >= 0.6 is 11.3 Å². The predicted octanol–water partition coefficient (Wildman–Crippen LogP) is 4.47. The third-order valence-corrected chi connectivity index (χ3v) is 5.64. The first-order valence-corrected chi connectivity index (χ1v) is 9.01. The van der Waals surface area contributed by atoms with Crippen molar-refractivity contribution in [2.24, 2.45) is 5.41 Å². The molecule has 1 aliphatic carbocycles. The van der Waals surface area contributed by atoms with Gasteiger partial charge in [0, 0.05) is 30.3 Å². The quantitative estimate of drug-likeness (QED) is 0.841. The molecule has 1 N–H and O–H groups in total. The van der Waals surface area contributed by atoms with Crippen LogP contribution in [0.1, 0.15) is 70.2 Å². The fraction of sp³-hybridized carbons (Fsp3) is 0.824. The lowest BCUT2D eigenvalue weighted by molar-refractivity contribution is -0.0890. The summed E-state index contributed by atoms with van der Waals surface area (Å²) in [7, 11) is 0. The zero-order valence-corrected chi connectivity index (χ0v) is 15.0. The number of rotatable bonds is 6. The molecule has 0 unspecified atom stereocenters. The normalized spacial score (nSPS) is 20.9. The third-order valence-electron chi connectivity index (χ3n) is 4.46. The maximum absolute atomic E-state index is 6.22. The van der Waals surface area contributed by atoms with Gasteiger partial charge in [0.1, 0.15) is 10.6 Å². The van der Waals surface area contributed by atoms with Crippen molar-refractivity contribution in [1.82, 2.24) is 10.3 Å². The topological polar surface area (TPSA) is 34.1 Å². The number of thiazole rings is 1. The second-order valence-electron chi connectivity index (χ2n) is 7.26. The first kappa shape index (κ1) is 16.9. The highest BCUT2D eigenvalue weighted by molar-refractivity contribution is 7.11. The molecule has 21 heavy (non-hydrogen) atoms. The Hall–Kier alpha value is -0.450. The van der Waals surface area contributed by atoms with E-state index >= 15 is 0 Å². The van der Waals surface area contributed by atoms with E-state index in [1.54, 1.807) is 0 Å². The summed E-state index contributed by atoms with van der Waals surface area (Å²) in [5, 5.41) is 4.65. The van der Waals surface area contributed by atoms with Crippen LogP contribution in [0, 0.1) is 5.41 Å². The van der Waals surface area contributed by atoms with Crippen molar-refractivity contribution in [2.45, 2.75) is 78.5 Å². The molecule has 0 radical (unpaired) electrons. The molecule has 0 bridgehead atoms. The van der Waals surface area contributed by atoms with Gasteiger partial charge in [0.25, 0.3) is 0 Å². The minimum Gasteiger partial charge on any atom is -0.368 e. The maximum atomic E-state index is 6.22. The lowest BCUT2D eigenvalue weighted by atomic mass is 9.71. The van der Waals surface area contributed by atoms with Gasteiger partial charge in [-0.15, -0.1) is 11.3 Å². The molecule has 1 heterocycles. The summed E-state index contributed by atoms with van der Waals surface area (Å²) in [5.41, 5.74) is 0.310. The van der Waals surface area contributed by atoms with Crippen LogP contribution in [0.15, 0.2) is 6.20 Å². The van der Waals surface area contributed by atoms with Gasteiger partial charge in [0.15, 0.2) is 0 Å². The van der Waals surface area contributed by atoms with E-state index in [2.05, 4.69) is 39.9 Å². The minimum absolute atomic E-state index is 0.134. The Morgan fingerprint density at radius 1 is 1.29 bits per heavy atom. The van der Waals surface area contributed by atoms with E-state index in [0.29, 0.717) is 11.5 Å². The molecule has 0 aromatic carbocycles. The molecule has 0 aliphatic heterocycles. The Morgan fingerprint density at radius 3 is 2.52 bits per heavy atom. The van der Waals surface area contributed by atoms with Crippen molar-refractivity contribution in [3.8, 4) is 0 Å². The first-order valence-electron chi connectivity index (χ1n) is 8.19. The Morgan fingerprint density at radius 2 is 1.95 bits per heavy atom. The average molecular weight is 311 g/mol. The van der Waals surface area contributed by atoms with Crippen molar-refractivity contribution < 1.29 is 4.74 Å². The Bertz CT molecular complexity index is 443. The van der Waals surface area contributed by atoms with Gasteiger partial charge in [-0.3, -0.25) is 0 Å². The second kappa shape index (κ2) is 6.76. The molecule has 1 aromatic heterocycles. The maximum Gasteiger partial charge on any atom is 0.125 e. The number of aromatic nitrogens is 1. The number of ether oxygens (including phenoxy) is 1. The molecule has 0 saturated heterocycles. The van der Waals surface area contributed by atoms with E-state index in [-0.39, 0.29) is 5.60 Å². The standard InChI is InChI=1S/C17H30N2OS/c1-6-20-17(9-7-16(4,5)8-10-17)15-19-12-14(21-15)11-18-13(2)3/h12-13,18H,6-11H2,1-5H3. The van der Waals surface area contributed by atoms with Crippen molar-refractivity contribution in [3.05, 3.63) is 16.1 Å². The van der Waals surface area contributed by atoms with Crippen LogP contribution in [-0.2, 0) is 16.9 Å². The summed E-state index contributed by atoms with van der Waals surface area (Å²) in [5.74, 6) is 0. The molecule has 4 heteroatoms. The fourth-order valence-electron chi connectivity index (χ4n) is 2.93. The molecule has 1 fully saturated rings. The first-order chi connectivity index (χ1) is 9.87. The summed E-state index contributed by atoms with van der Waals surface area (Å²) in [6, 6.07) is 0.506. The second-order valence-corrected chi connectivity index (χ2v) is 8.37. The van der Waals surface area contributed by atoms with Gasteiger partial charge in [-0.2, -0.15) is 0 Å². The number of nitrogens with zero attached hydrogens (tertiary/aromatic N) is 1. The van der Waals surface area contributed by atoms with E-state index in [1.807, 2.05) is 17.5 Å². The predicted molar refractivity (Wildman–Crippen MR) is 89.6 cm³/mol. The summed E-state index contributed by atoms with van der Waals surface area (Å²) >= 11 is 1.82. The van der Waals surface area contributed by atoms with Crippen LogP contribution in [0.3, 0.4) is 0 Å². The largest absolute Gasteiger partial charge is 0.368 e. The molecule has 2 rings (SSSR count). The van der Waals surface area contributed by atoms with Crippen molar-refractivity contribution >= 4 is 11.3 Å². The molecular formula is C17H30N2OS. The van der Waals surface area contributed by atoms with Crippen molar-refractivity contribution in [3.63, 3.8) is 0 Å². The SMILES string of the molecule is CCOC1(c2ncc(CNC(C)C)s2)CCC(C)(C)CC1. The summed E-state index contributed by atoms with van der Waals surface area (Å²) in [6.45, 7) is 12.8. The van der Waals surface area contributed by atoms with Crippen LogP contribution in [0.25, 0.3) is 0 Å². The molecule has 1 saturated carbocycles. The van der Waals surface area contributed by atoms with Crippen LogP contribution in [0.4, 0.5) is 0 Å². The van der Waals surface area contributed by atoms with Gasteiger partial charge in [0.05, 0.1) is 0 Å². The van der Waals surface area contributed by atoms with Crippen LogP contribution < -0.4 is 5.32 Å². The molecule has 0 atom stereocenters. The molecule has 1 aromatic rings. The zero-order valence-electron chi connectivity index (χ0n) is 14.2. The van der Waals surface area contributed by atoms with E-state index in [4.69, 9.17) is 9.72 Å². The van der Waals surface area contributed by atoms with E-state index in [0.717, 1.165) is 26.0 Å². The van der Waals surface area contributed by atoms with E-state index < -0.39 is 0 Å².